The fraction of sp³-hybridized carbons (Fsp3) is 0.286. The summed E-state index contributed by atoms with van der Waals surface area (Å²) in [7, 11) is 1.63. The summed E-state index contributed by atoms with van der Waals surface area (Å²) >= 11 is 19.5. The molecule has 0 fully saturated rings. The first kappa shape index (κ1) is 23.9. The number of amides is 1. The van der Waals surface area contributed by atoms with E-state index in [2.05, 4.69) is 15.5 Å². The quantitative estimate of drug-likeness (QED) is 0.393. The Kier molecular flexibility index (Phi) is 8.63. The average Bonchev–Trinajstić information content (AvgIpc) is 3.13. The Morgan fingerprint density at radius 1 is 1.13 bits per heavy atom. The van der Waals surface area contributed by atoms with Crippen molar-refractivity contribution in [3.63, 3.8) is 0 Å². The van der Waals surface area contributed by atoms with Crippen molar-refractivity contribution in [2.45, 2.75) is 24.7 Å². The second kappa shape index (κ2) is 11.2. The molecule has 0 saturated heterocycles. The lowest BCUT2D eigenvalue weighted by molar-refractivity contribution is -0.119. The number of nitrogens with one attached hydrogen (secondary N) is 1. The number of ether oxygens (including phenoxy) is 1. The highest BCUT2D eigenvalue weighted by Gasteiger charge is 2.17. The molecular formula is C21H21Cl3N4O2S. The summed E-state index contributed by atoms with van der Waals surface area (Å²) in [5, 5.41) is 13.9. The van der Waals surface area contributed by atoms with E-state index in [4.69, 9.17) is 39.5 Å². The van der Waals surface area contributed by atoms with E-state index >= 15 is 0 Å². The van der Waals surface area contributed by atoms with Crippen molar-refractivity contribution in [3.05, 3.63) is 63.1 Å². The second-order valence-electron chi connectivity index (χ2n) is 6.70. The highest BCUT2D eigenvalue weighted by Crippen LogP contribution is 2.27. The Hall–Kier alpha value is -1.77. The molecule has 1 amide bonds. The third kappa shape index (κ3) is 6.37. The summed E-state index contributed by atoms with van der Waals surface area (Å²) < 4.78 is 7.15. The summed E-state index contributed by atoms with van der Waals surface area (Å²) in [5.41, 5.74) is 1.69. The fourth-order valence-electron chi connectivity index (χ4n) is 2.94. The number of rotatable bonds is 9. The molecule has 0 radical (unpaired) electrons. The first-order chi connectivity index (χ1) is 14.9. The summed E-state index contributed by atoms with van der Waals surface area (Å²) in [6.45, 7) is 2.92. The number of hydrogen-bond donors (Lipinski definition) is 1. The number of hydrogen-bond acceptors (Lipinski definition) is 5. The Balaban J connectivity index is 1.68. The minimum Gasteiger partial charge on any atom is -0.383 e. The van der Waals surface area contributed by atoms with Crippen molar-refractivity contribution in [3.8, 4) is 11.4 Å². The second-order valence-corrected chi connectivity index (χ2v) is 8.92. The summed E-state index contributed by atoms with van der Waals surface area (Å²) in [4.78, 5) is 12.5. The standard InChI is InChI=1S/C21H21Cl3N4O2S/c1-13(17-8-7-16(23)11-18(17)24)25-19(29)12-31-21-27-26-20(28(21)9-10-30-2)14-3-5-15(22)6-4-14/h3-8,11,13H,9-10,12H2,1-2H3,(H,25,29)/t13-/m1/s1. The van der Waals surface area contributed by atoms with E-state index in [1.165, 1.54) is 11.8 Å². The van der Waals surface area contributed by atoms with Crippen LogP contribution in [0.15, 0.2) is 47.6 Å². The van der Waals surface area contributed by atoms with Gasteiger partial charge in [-0.25, -0.2) is 0 Å². The van der Waals surface area contributed by atoms with E-state index in [1.807, 2.05) is 29.7 Å². The van der Waals surface area contributed by atoms with E-state index in [0.717, 1.165) is 11.1 Å². The molecule has 10 heteroatoms. The van der Waals surface area contributed by atoms with E-state index in [9.17, 15) is 4.79 Å². The zero-order valence-electron chi connectivity index (χ0n) is 16.9. The van der Waals surface area contributed by atoms with Crippen LogP contribution in [0, 0.1) is 0 Å². The molecule has 1 atom stereocenters. The molecule has 0 spiro atoms. The van der Waals surface area contributed by atoms with Crippen LogP contribution in [0.1, 0.15) is 18.5 Å². The molecule has 0 aliphatic heterocycles. The van der Waals surface area contributed by atoms with E-state index in [-0.39, 0.29) is 17.7 Å². The van der Waals surface area contributed by atoms with Crippen LogP contribution in [-0.2, 0) is 16.1 Å². The summed E-state index contributed by atoms with van der Waals surface area (Å²) in [5.74, 6) is 0.733. The first-order valence-corrected chi connectivity index (χ1v) is 11.6. The molecule has 0 bridgehead atoms. The maximum absolute atomic E-state index is 12.5. The lowest BCUT2D eigenvalue weighted by Gasteiger charge is -2.16. The maximum Gasteiger partial charge on any atom is 0.230 e. The number of carbonyl (C=O) groups excluding carboxylic acids is 1. The SMILES string of the molecule is COCCn1c(SCC(=O)N[C@H](C)c2ccc(Cl)cc2Cl)nnc1-c1ccc(Cl)cc1. The largest absolute Gasteiger partial charge is 0.383 e. The molecule has 164 valence electrons. The van der Waals surface area contributed by atoms with Crippen LogP contribution in [0.5, 0.6) is 0 Å². The summed E-state index contributed by atoms with van der Waals surface area (Å²) in [6, 6.07) is 12.3. The van der Waals surface area contributed by atoms with Crippen LogP contribution in [0.25, 0.3) is 11.4 Å². The van der Waals surface area contributed by atoms with Crippen LogP contribution in [0.2, 0.25) is 15.1 Å². The topological polar surface area (TPSA) is 69.0 Å². The predicted octanol–water partition coefficient (Wildman–Crippen LogP) is 5.52. The molecule has 3 rings (SSSR count). The van der Waals surface area contributed by atoms with Crippen LogP contribution >= 0.6 is 46.6 Å². The molecular weight excluding hydrogens is 479 g/mol. The van der Waals surface area contributed by atoms with Gasteiger partial charge in [0.05, 0.1) is 24.9 Å². The van der Waals surface area contributed by atoms with Gasteiger partial charge in [-0.15, -0.1) is 10.2 Å². The third-order valence-electron chi connectivity index (χ3n) is 4.48. The minimum atomic E-state index is -0.256. The van der Waals surface area contributed by atoms with Gasteiger partial charge in [0.25, 0.3) is 0 Å². The van der Waals surface area contributed by atoms with Gasteiger partial charge >= 0.3 is 0 Å². The van der Waals surface area contributed by atoms with Gasteiger partial charge in [0.1, 0.15) is 0 Å². The molecule has 0 aliphatic rings. The highest BCUT2D eigenvalue weighted by molar-refractivity contribution is 7.99. The van der Waals surface area contributed by atoms with Gasteiger partial charge in [-0.3, -0.25) is 9.36 Å². The highest BCUT2D eigenvalue weighted by atomic mass is 35.5. The Morgan fingerprint density at radius 3 is 2.52 bits per heavy atom. The van der Waals surface area contributed by atoms with Crippen molar-refractivity contribution < 1.29 is 9.53 Å². The van der Waals surface area contributed by atoms with Crippen LogP contribution in [0.3, 0.4) is 0 Å². The molecule has 1 aromatic heterocycles. The Labute approximate surface area is 200 Å². The zero-order chi connectivity index (χ0) is 22.4. The average molecular weight is 500 g/mol. The maximum atomic E-state index is 12.5. The van der Waals surface area contributed by atoms with E-state index in [1.54, 1.807) is 31.4 Å². The van der Waals surface area contributed by atoms with Crippen LogP contribution in [0.4, 0.5) is 0 Å². The van der Waals surface area contributed by atoms with Crippen molar-refractivity contribution in [2.75, 3.05) is 19.5 Å². The minimum absolute atomic E-state index is 0.141. The molecule has 1 heterocycles. The smallest absolute Gasteiger partial charge is 0.230 e. The van der Waals surface area contributed by atoms with Gasteiger partial charge < -0.3 is 10.1 Å². The Morgan fingerprint density at radius 2 is 1.84 bits per heavy atom. The number of thioether (sulfide) groups is 1. The van der Waals surface area contributed by atoms with Crippen LogP contribution < -0.4 is 5.32 Å². The molecule has 1 N–H and O–H groups in total. The lowest BCUT2D eigenvalue weighted by Crippen LogP contribution is -2.28. The fourth-order valence-corrected chi connectivity index (χ4v) is 4.41. The van der Waals surface area contributed by atoms with Gasteiger partial charge in [-0.2, -0.15) is 0 Å². The molecule has 3 aromatic rings. The number of benzene rings is 2. The third-order valence-corrected chi connectivity index (χ3v) is 6.26. The Bertz CT molecular complexity index is 1040. The van der Waals surface area contributed by atoms with E-state index < -0.39 is 0 Å². The molecule has 2 aromatic carbocycles. The molecule has 0 unspecified atom stereocenters. The lowest BCUT2D eigenvalue weighted by atomic mass is 10.1. The van der Waals surface area contributed by atoms with Gasteiger partial charge in [0, 0.05) is 27.7 Å². The number of halogens is 3. The van der Waals surface area contributed by atoms with Crippen molar-refractivity contribution in [2.24, 2.45) is 0 Å². The van der Waals surface area contributed by atoms with Crippen LogP contribution in [-0.4, -0.2) is 40.1 Å². The van der Waals surface area contributed by atoms with Crippen molar-refractivity contribution in [1.82, 2.24) is 20.1 Å². The van der Waals surface area contributed by atoms with Gasteiger partial charge in [0.2, 0.25) is 5.91 Å². The molecule has 6 nitrogen and oxygen atoms in total. The zero-order valence-corrected chi connectivity index (χ0v) is 20.0. The first-order valence-electron chi connectivity index (χ1n) is 9.44. The number of nitrogens with zero attached hydrogens (tertiary/aromatic N) is 3. The van der Waals surface area contributed by atoms with Gasteiger partial charge in [0.15, 0.2) is 11.0 Å². The van der Waals surface area contributed by atoms with Crippen molar-refractivity contribution in [1.29, 1.82) is 0 Å². The number of methoxy groups -OCH3 is 1. The molecule has 0 aliphatic carbocycles. The molecule has 0 saturated carbocycles. The molecule has 31 heavy (non-hydrogen) atoms. The number of aromatic nitrogens is 3. The van der Waals surface area contributed by atoms with Crippen molar-refractivity contribution >= 4 is 52.5 Å². The monoisotopic (exact) mass is 498 g/mol. The summed E-state index contributed by atoms with van der Waals surface area (Å²) in [6.07, 6.45) is 0. The normalized spacial score (nSPS) is 12.0. The van der Waals surface area contributed by atoms with E-state index in [0.29, 0.717) is 39.2 Å². The number of carbonyl (C=O) groups is 1. The van der Waals surface area contributed by atoms with Gasteiger partial charge in [-0.1, -0.05) is 52.6 Å². The predicted molar refractivity (Wildman–Crippen MR) is 126 cm³/mol. The van der Waals surface area contributed by atoms with Gasteiger partial charge in [-0.05, 0) is 48.9 Å².